The number of ether oxygens (including phenoxy) is 3. The van der Waals surface area contributed by atoms with Crippen LogP contribution in [0, 0.1) is 6.92 Å². The smallest absolute Gasteiger partial charge is 0.235 e. The zero-order chi connectivity index (χ0) is 19.3. The summed E-state index contributed by atoms with van der Waals surface area (Å²) in [6.07, 6.45) is 2.40. The molecular weight excluding hydrogens is 358 g/mol. The molecule has 0 N–H and O–H groups in total. The maximum Gasteiger partial charge on any atom is 0.235 e. The molecule has 1 aliphatic carbocycles. The zero-order valence-corrected chi connectivity index (χ0v) is 15.9. The van der Waals surface area contributed by atoms with E-state index >= 15 is 0 Å². The number of benzene rings is 2. The summed E-state index contributed by atoms with van der Waals surface area (Å²) in [7, 11) is 1.57. The van der Waals surface area contributed by atoms with Crippen molar-refractivity contribution in [3.8, 4) is 23.0 Å². The predicted octanol–water partition coefficient (Wildman–Crippen LogP) is 4.22. The average Bonchev–Trinajstić information content (AvgIpc) is 3.56. The second-order valence-electron chi connectivity index (χ2n) is 7.24. The van der Waals surface area contributed by atoms with Gasteiger partial charge in [-0.3, -0.25) is 9.69 Å². The summed E-state index contributed by atoms with van der Waals surface area (Å²) < 4.78 is 23.2. The van der Waals surface area contributed by atoms with Gasteiger partial charge in [-0.25, -0.2) is 0 Å². The molecular formula is C22H21NO5. The van der Waals surface area contributed by atoms with Crippen molar-refractivity contribution in [3.63, 3.8) is 0 Å². The van der Waals surface area contributed by atoms with Gasteiger partial charge in [-0.1, -0.05) is 12.1 Å². The first-order valence-electron chi connectivity index (χ1n) is 9.42. The molecule has 0 saturated heterocycles. The van der Waals surface area contributed by atoms with Gasteiger partial charge in [0.15, 0.2) is 11.5 Å². The van der Waals surface area contributed by atoms with Crippen molar-refractivity contribution >= 4 is 11.0 Å². The van der Waals surface area contributed by atoms with E-state index in [-0.39, 0.29) is 11.2 Å². The standard InChI is InChI=1S/C22H21NO5/c1-13-21(28-19-6-4-3-5-18(19)25-2)20(24)15-9-10-17-16(22(15)27-13)11-23(12-26-17)14-7-8-14/h3-6,9-10,14H,7-8,11-12H2,1-2H3. The highest BCUT2D eigenvalue weighted by molar-refractivity contribution is 5.83. The van der Waals surface area contributed by atoms with Crippen molar-refractivity contribution < 1.29 is 18.6 Å². The second-order valence-corrected chi connectivity index (χ2v) is 7.24. The molecule has 5 rings (SSSR count). The summed E-state index contributed by atoms with van der Waals surface area (Å²) in [5.41, 5.74) is 1.31. The Morgan fingerprint density at radius 1 is 1.11 bits per heavy atom. The van der Waals surface area contributed by atoms with E-state index in [1.165, 1.54) is 12.8 Å². The topological polar surface area (TPSA) is 61.1 Å². The van der Waals surface area contributed by atoms with Crippen molar-refractivity contribution in [2.75, 3.05) is 13.8 Å². The molecule has 0 bridgehead atoms. The monoisotopic (exact) mass is 379 g/mol. The number of rotatable bonds is 4. The number of para-hydroxylation sites is 2. The first kappa shape index (κ1) is 17.1. The maximum atomic E-state index is 13.2. The minimum absolute atomic E-state index is 0.174. The van der Waals surface area contributed by atoms with Crippen molar-refractivity contribution in [2.24, 2.45) is 0 Å². The Bertz CT molecular complexity index is 1120. The molecule has 2 aliphatic rings. The fourth-order valence-electron chi connectivity index (χ4n) is 3.68. The molecule has 6 nitrogen and oxygen atoms in total. The van der Waals surface area contributed by atoms with Gasteiger partial charge in [0.1, 0.15) is 23.8 Å². The van der Waals surface area contributed by atoms with E-state index in [4.69, 9.17) is 18.6 Å². The van der Waals surface area contributed by atoms with Gasteiger partial charge in [-0.15, -0.1) is 0 Å². The summed E-state index contributed by atoms with van der Waals surface area (Å²) in [5, 5.41) is 0.496. The normalized spacial score (nSPS) is 16.5. The minimum atomic E-state index is -0.198. The van der Waals surface area contributed by atoms with Crippen LogP contribution in [0.5, 0.6) is 23.0 Å². The number of aryl methyl sites for hydroxylation is 1. The van der Waals surface area contributed by atoms with Crippen LogP contribution in [0.15, 0.2) is 45.6 Å². The van der Waals surface area contributed by atoms with E-state index < -0.39 is 0 Å². The summed E-state index contributed by atoms with van der Waals surface area (Å²) >= 11 is 0. The van der Waals surface area contributed by atoms with Crippen LogP contribution < -0.4 is 19.6 Å². The summed E-state index contributed by atoms with van der Waals surface area (Å²) in [5.74, 6) is 2.42. The zero-order valence-electron chi connectivity index (χ0n) is 15.9. The Labute approximate surface area is 162 Å². The van der Waals surface area contributed by atoms with E-state index in [9.17, 15) is 4.79 Å². The fourth-order valence-corrected chi connectivity index (χ4v) is 3.68. The summed E-state index contributed by atoms with van der Waals surface area (Å²) in [4.78, 5) is 15.5. The number of fused-ring (bicyclic) bond motifs is 3. The van der Waals surface area contributed by atoms with Gasteiger partial charge < -0.3 is 18.6 Å². The van der Waals surface area contributed by atoms with Gasteiger partial charge in [-0.05, 0) is 44.0 Å². The van der Waals surface area contributed by atoms with Crippen LogP contribution in [0.2, 0.25) is 0 Å². The van der Waals surface area contributed by atoms with E-state index in [1.54, 1.807) is 32.2 Å². The number of nitrogens with zero attached hydrogens (tertiary/aromatic N) is 1. The Hall–Kier alpha value is -2.99. The minimum Gasteiger partial charge on any atom is -0.493 e. The van der Waals surface area contributed by atoms with E-state index in [1.807, 2.05) is 18.2 Å². The Morgan fingerprint density at radius 3 is 2.64 bits per heavy atom. The molecule has 1 fully saturated rings. The largest absolute Gasteiger partial charge is 0.493 e. The molecule has 6 heteroatoms. The van der Waals surface area contributed by atoms with Crippen LogP contribution in [0.1, 0.15) is 24.2 Å². The van der Waals surface area contributed by atoms with Crippen molar-refractivity contribution in [2.45, 2.75) is 32.4 Å². The molecule has 2 aromatic carbocycles. The van der Waals surface area contributed by atoms with Crippen LogP contribution in [0.4, 0.5) is 0 Å². The lowest BCUT2D eigenvalue weighted by atomic mass is 10.1. The molecule has 0 unspecified atom stereocenters. The van der Waals surface area contributed by atoms with Crippen molar-refractivity contribution in [1.29, 1.82) is 0 Å². The molecule has 0 atom stereocenters. The molecule has 0 amide bonds. The molecule has 144 valence electrons. The third-order valence-corrected chi connectivity index (χ3v) is 5.33. The molecule has 2 heterocycles. The Kier molecular flexibility index (Phi) is 4.02. The first-order valence-corrected chi connectivity index (χ1v) is 9.42. The van der Waals surface area contributed by atoms with Gasteiger partial charge in [-0.2, -0.15) is 0 Å². The molecule has 1 aromatic heterocycles. The third kappa shape index (κ3) is 2.81. The lowest BCUT2D eigenvalue weighted by Crippen LogP contribution is -2.33. The quantitative estimate of drug-likeness (QED) is 0.677. The van der Waals surface area contributed by atoms with Gasteiger partial charge >= 0.3 is 0 Å². The fraction of sp³-hybridized carbons (Fsp3) is 0.318. The Balaban J connectivity index is 1.60. The van der Waals surface area contributed by atoms with Crippen LogP contribution in [0.25, 0.3) is 11.0 Å². The second kappa shape index (κ2) is 6.56. The van der Waals surface area contributed by atoms with Crippen LogP contribution >= 0.6 is 0 Å². The SMILES string of the molecule is COc1ccccc1Oc1c(C)oc2c3c(ccc2c1=O)OCN(C1CC1)C3. The van der Waals surface area contributed by atoms with E-state index in [0.717, 1.165) is 17.9 Å². The molecule has 28 heavy (non-hydrogen) atoms. The summed E-state index contributed by atoms with van der Waals surface area (Å²) in [6, 6.07) is 11.4. The van der Waals surface area contributed by atoms with Crippen molar-refractivity contribution in [3.05, 3.63) is 57.9 Å². The number of methoxy groups -OCH3 is 1. The maximum absolute atomic E-state index is 13.2. The highest BCUT2D eigenvalue weighted by Crippen LogP contribution is 2.38. The molecule has 1 saturated carbocycles. The molecule has 0 radical (unpaired) electrons. The molecule has 0 spiro atoms. The Morgan fingerprint density at radius 2 is 1.89 bits per heavy atom. The van der Waals surface area contributed by atoms with Crippen LogP contribution in [-0.4, -0.2) is 24.8 Å². The van der Waals surface area contributed by atoms with Gasteiger partial charge in [0, 0.05) is 12.6 Å². The van der Waals surface area contributed by atoms with Crippen LogP contribution in [-0.2, 0) is 6.54 Å². The first-order chi connectivity index (χ1) is 13.7. The average molecular weight is 379 g/mol. The van der Waals surface area contributed by atoms with Gasteiger partial charge in [0.25, 0.3) is 0 Å². The highest BCUT2D eigenvalue weighted by Gasteiger charge is 2.33. The number of hydrogen-bond acceptors (Lipinski definition) is 6. The highest BCUT2D eigenvalue weighted by atomic mass is 16.5. The van der Waals surface area contributed by atoms with Crippen molar-refractivity contribution in [1.82, 2.24) is 4.90 Å². The lowest BCUT2D eigenvalue weighted by molar-refractivity contribution is 0.0885. The summed E-state index contributed by atoms with van der Waals surface area (Å²) in [6.45, 7) is 3.06. The van der Waals surface area contributed by atoms with E-state index in [0.29, 0.717) is 41.0 Å². The molecule has 3 aromatic rings. The molecule has 1 aliphatic heterocycles. The lowest BCUT2D eigenvalue weighted by Gasteiger charge is -2.29. The van der Waals surface area contributed by atoms with Gasteiger partial charge in [0.05, 0.1) is 18.1 Å². The van der Waals surface area contributed by atoms with Crippen LogP contribution in [0.3, 0.4) is 0 Å². The third-order valence-electron chi connectivity index (χ3n) is 5.33. The van der Waals surface area contributed by atoms with Gasteiger partial charge in [0.2, 0.25) is 11.2 Å². The predicted molar refractivity (Wildman–Crippen MR) is 104 cm³/mol. The number of hydrogen-bond donors (Lipinski definition) is 0. The van der Waals surface area contributed by atoms with E-state index in [2.05, 4.69) is 4.90 Å².